The fraction of sp³-hybridized carbons (Fsp3) is 0.407. The van der Waals surface area contributed by atoms with Crippen LogP contribution >= 0.6 is 15.9 Å². The van der Waals surface area contributed by atoms with E-state index in [0.29, 0.717) is 49.8 Å². The molecular weight excluding hydrogens is 482 g/mol. The van der Waals surface area contributed by atoms with E-state index in [9.17, 15) is 9.90 Å². The van der Waals surface area contributed by atoms with E-state index in [0.717, 1.165) is 28.5 Å². The average molecular weight is 516 g/mol. The van der Waals surface area contributed by atoms with Gasteiger partial charge in [0.05, 0.1) is 23.6 Å². The summed E-state index contributed by atoms with van der Waals surface area (Å²) in [5, 5.41) is 9.56. The molecule has 1 N–H and O–H groups in total. The minimum absolute atomic E-state index is 0.0636. The van der Waals surface area contributed by atoms with Crippen molar-refractivity contribution in [1.29, 1.82) is 0 Å². The topological polar surface area (TPSA) is 68.1 Å². The molecule has 0 heterocycles. The molecule has 0 aliphatic heterocycles. The minimum Gasteiger partial charge on any atom is -0.492 e. The Hall–Kier alpha value is -2.60. The van der Waals surface area contributed by atoms with Crippen LogP contribution < -0.4 is 0 Å². The zero-order valence-electron chi connectivity index (χ0n) is 19.6. The number of hydrogen-bond donors (Lipinski definition) is 1. The van der Waals surface area contributed by atoms with Gasteiger partial charge in [0.15, 0.2) is 0 Å². The molecule has 1 aliphatic carbocycles. The molecule has 1 aliphatic rings. The van der Waals surface area contributed by atoms with Gasteiger partial charge in [-0.3, -0.25) is 4.79 Å². The first-order chi connectivity index (χ1) is 15.8. The molecule has 5 nitrogen and oxygen atoms in total. The number of aliphatic imine (C=N–C) groups is 1. The third kappa shape index (κ3) is 8.69. The molecule has 0 saturated heterocycles. The van der Waals surface area contributed by atoms with Crippen LogP contribution in [0.1, 0.15) is 51.5 Å². The second kappa shape index (κ2) is 13.8. The number of benzene rings is 1. The highest BCUT2D eigenvalue weighted by Crippen LogP contribution is 2.32. The van der Waals surface area contributed by atoms with E-state index < -0.39 is 5.97 Å². The van der Waals surface area contributed by atoms with Crippen LogP contribution in [0.15, 0.2) is 82.1 Å². The molecule has 0 amide bonds. The summed E-state index contributed by atoms with van der Waals surface area (Å²) in [5.41, 5.74) is 2.49. The summed E-state index contributed by atoms with van der Waals surface area (Å²) in [4.78, 5) is 16.2. The smallest absolute Gasteiger partial charge is 0.306 e. The summed E-state index contributed by atoms with van der Waals surface area (Å²) in [6.07, 6.45) is 7.28. The second-order valence-corrected chi connectivity index (χ2v) is 8.84. The SMILES string of the molecule is C=C1/C=C(OCCC(=C)N=C(OCC)c2ccccc2)\C(Br)=C/CC(C(CC)C(=O)O)CC1. The van der Waals surface area contributed by atoms with Crippen molar-refractivity contribution in [3.05, 3.63) is 82.7 Å². The van der Waals surface area contributed by atoms with E-state index in [1.807, 2.05) is 56.3 Å². The van der Waals surface area contributed by atoms with Crippen molar-refractivity contribution in [3.63, 3.8) is 0 Å². The Morgan fingerprint density at radius 1 is 1.30 bits per heavy atom. The molecule has 0 radical (unpaired) electrons. The number of aliphatic carboxylic acids is 1. The van der Waals surface area contributed by atoms with Crippen molar-refractivity contribution in [2.45, 2.75) is 46.0 Å². The first-order valence-electron chi connectivity index (χ1n) is 11.4. The third-order valence-electron chi connectivity index (χ3n) is 5.54. The van der Waals surface area contributed by atoms with Gasteiger partial charge in [0.2, 0.25) is 5.90 Å². The summed E-state index contributed by atoms with van der Waals surface area (Å²) in [6, 6.07) is 9.75. The lowest BCUT2D eigenvalue weighted by molar-refractivity contribution is -0.143. The van der Waals surface area contributed by atoms with Gasteiger partial charge in [-0.05, 0) is 72.7 Å². The minimum atomic E-state index is -0.734. The summed E-state index contributed by atoms with van der Waals surface area (Å²) in [6.45, 7) is 13.0. The molecule has 1 aromatic carbocycles. The largest absolute Gasteiger partial charge is 0.492 e. The quantitative estimate of drug-likeness (QED) is 0.268. The number of rotatable bonds is 10. The lowest BCUT2D eigenvalue weighted by atomic mass is 9.83. The fourth-order valence-corrected chi connectivity index (χ4v) is 4.15. The van der Waals surface area contributed by atoms with Gasteiger partial charge < -0.3 is 14.6 Å². The van der Waals surface area contributed by atoms with Crippen LogP contribution in [0.4, 0.5) is 0 Å². The van der Waals surface area contributed by atoms with Crippen molar-refractivity contribution in [2.75, 3.05) is 13.2 Å². The molecule has 0 spiro atoms. The molecular formula is C27H34BrNO4. The second-order valence-electron chi connectivity index (χ2n) is 7.99. The molecule has 2 atom stereocenters. The Bertz CT molecular complexity index is 917. The molecule has 33 heavy (non-hydrogen) atoms. The highest BCUT2D eigenvalue weighted by molar-refractivity contribution is 9.11. The van der Waals surface area contributed by atoms with Crippen molar-refractivity contribution >= 4 is 27.8 Å². The Balaban J connectivity index is 2.03. The van der Waals surface area contributed by atoms with Crippen molar-refractivity contribution < 1.29 is 19.4 Å². The summed E-state index contributed by atoms with van der Waals surface area (Å²) in [5.74, 6) is 0.209. The van der Waals surface area contributed by atoms with Crippen LogP contribution in [-0.2, 0) is 14.3 Å². The molecule has 1 aromatic rings. The van der Waals surface area contributed by atoms with Crippen LogP contribution in [0, 0.1) is 11.8 Å². The van der Waals surface area contributed by atoms with Gasteiger partial charge in [0.1, 0.15) is 5.76 Å². The zero-order valence-corrected chi connectivity index (χ0v) is 21.1. The van der Waals surface area contributed by atoms with Gasteiger partial charge in [-0.2, -0.15) is 0 Å². The Kier molecular flexibility index (Phi) is 11.2. The standard InChI is InChI=1S/C27H34BrNO4/c1-5-23(27(30)31)21-13-12-19(3)18-25(24(28)15-14-21)33-17-16-20(4)29-26(32-6-2)22-10-8-7-9-11-22/h7-11,15,18,21,23H,3-6,12-14,16-17H2,1-2H3,(H,30,31)/b24-15+,25-18+,29-26?. The molecule has 2 unspecified atom stereocenters. The maximum absolute atomic E-state index is 11.6. The molecule has 6 heteroatoms. The molecule has 2 rings (SSSR count). The van der Waals surface area contributed by atoms with Gasteiger partial charge >= 0.3 is 5.97 Å². The number of nitrogens with zero attached hydrogens (tertiary/aromatic N) is 1. The number of allylic oxidation sites excluding steroid dienone is 4. The van der Waals surface area contributed by atoms with Crippen LogP contribution in [0.3, 0.4) is 0 Å². The molecule has 0 bridgehead atoms. The maximum atomic E-state index is 11.6. The van der Waals surface area contributed by atoms with Crippen LogP contribution in [-0.4, -0.2) is 30.2 Å². The highest BCUT2D eigenvalue weighted by atomic mass is 79.9. The van der Waals surface area contributed by atoms with Gasteiger partial charge in [-0.25, -0.2) is 4.99 Å². The number of carboxylic acid groups (broad SMARTS) is 1. The molecule has 0 saturated carbocycles. The van der Waals surface area contributed by atoms with E-state index in [-0.39, 0.29) is 11.8 Å². The molecule has 178 valence electrons. The summed E-state index contributed by atoms with van der Waals surface area (Å²) in [7, 11) is 0. The van der Waals surface area contributed by atoms with E-state index in [4.69, 9.17) is 9.47 Å². The summed E-state index contributed by atoms with van der Waals surface area (Å²) >= 11 is 3.61. The Morgan fingerprint density at radius 3 is 2.67 bits per heavy atom. The first-order valence-corrected chi connectivity index (χ1v) is 12.2. The number of halogens is 1. The van der Waals surface area contributed by atoms with Gasteiger partial charge in [-0.1, -0.05) is 49.9 Å². The van der Waals surface area contributed by atoms with E-state index >= 15 is 0 Å². The van der Waals surface area contributed by atoms with Crippen molar-refractivity contribution in [2.24, 2.45) is 16.8 Å². The molecule has 0 fully saturated rings. The van der Waals surface area contributed by atoms with Crippen LogP contribution in [0.5, 0.6) is 0 Å². The number of carbonyl (C=O) groups is 1. The van der Waals surface area contributed by atoms with Gasteiger partial charge in [-0.15, -0.1) is 0 Å². The van der Waals surface area contributed by atoms with Crippen molar-refractivity contribution in [1.82, 2.24) is 0 Å². The van der Waals surface area contributed by atoms with E-state index in [2.05, 4.69) is 34.1 Å². The number of hydrogen-bond acceptors (Lipinski definition) is 4. The van der Waals surface area contributed by atoms with Crippen molar-refractivity contribution in [3.8, 4) is 0 Å². The summed E-state index contributed by atoms with van der Waals surface area (Å²) < 4.78 is 12.5. The Labute approximate surface area is 205 Å². The van der Waals surface area contributed by atoms with Gasteiger partial charge in [0.25, 0.3) is 0 Å². The van der Waals surface area contributed by atoms with E-state index in [1.165, 1.54) is 0 Å². The normalized spacial score (nSPS) is 21.4. The lowest BCUT2D eigenvalue weighted by Crippen LogP contribution is -2.22. The van der Waals surface area contributed by atoms with Gasteiger partial charge in [0, 0.05) is 17.7 Å². The first kappa shape index (κ1) is 26.7. The highest BCUT2D eigenvalue weighted by Gasteiger charge is 2.26. The lowest BCUT2D eigenvalue weighted by Gasteiger charge is -2.21. The van der Waals surface area contributed by atoms with Crippen LogP contribution in [0.2, 0.25) is 0 Å². The predicted molar refractivity (Wildman–Crippen MR) is 137 cm³/mol. The zero-order chi connectivity index (χ0) is 24.2. The maximum Gasteiger partial charge on any atom is 0.306 e. The number of carboxylic acids is 1. The Morgan fingerprint density at radius 2 is 2.03 bits per heavy atom. The monoisotopic (exact) mass is 515 g/mol. The average Bonchev–Trinajstić information content (AvgIpc) is 2.85. The molecule has 0 aromatic heterocycles. The fourth-order valence-electron chi connectivity index (χ4n) is 3.73. The predicted octanol–water partition coefficient (Wildman–Crippen LogP) is 7.02. The van der Waals surface area contributed by atoms with Crippen LogP contribution in [0.25, 0.3) is 0 Å². The van der Waals surface area contributed by atoms with E-state index in [1.54, 1.807) is 0 Å². The third-order valence-corrected chi connectivity index (χ3v) is 6.26. The number of ether oxygens (including phenoxy) is 2.